The van der Waals surface area contributed by atoms with Crippen LogP contribution in [-0.2, 0) is 19.5 Å². The average molecular weight is 971 g/mol. The van der Waals surface area contributed by atoms with Crippen LogP contribution < -0.4 is 10.0 Å². The van der Waals surface area contributed by atoms with Gasteiger partial charge in [0.25, 0.3) is 0 Å². The number of hydrazone groups is 2. The summed E-state index contributed by atoms with van der Waals surface area (Å²) in [4.78, 5) is 2.23. The molecule has 10 aromatic rings. The van der Waals surface area contributed by atoms with E-state index in [1.54, 1.807) is 23.5 Å². The SMILES string of the molecule is CCn1c2ccccc2c2cc(/C=N/N(CC(O)CSc3ccc(Cc4ccc(SCC(O)CN(/N=C/c5ccc6c(c5)c5ccccc5n6CC)c5ccccc5)cc4)cc3)c3ccccc3)ccc21. The van der Waals surface area contributed by atoms with Gasteiger partial charge in [0.1, 0.15) is 0 Å². The number of aliphatic hydroxyl groups excluding tert-OH is 2. The van der Waals surface area contributed by atoms with Crippen molar-refractivity contribution in [3.63, 3.8) is 0 Å². The van der Waals surface area contributed by atoms with Crippen molar-refractivity contribution in [1.29, 1.82) is 0 Å². The van der Waals surface area contributed by atoms with Gasteiger partial charge in [0.2, 0.25) is 0 Å². The van der Waals surface area contributed by atoms with Gasteiger partial charge < -0.3 is 19.3 Å². The molecule has 71 heavy (non-hydrogen) atoms. The molecule has 8 aromatic carbocycles. The maximum Gasteiger partial charge on any atom is 0.0830 e. The molecule has 356 valence electrons. The summed E-state index contributed by atoms with van der Waals surface area (Å²) in [5, 5.41) is 41.1. The van der Waals surface area contributed by atoms with E-state index in [-0.39, 0.29) is 0 Å². The largest absolute Gasteiger partial charge is 0.390 e. The van der Waals surface area contributed by atoms with Gasteiger partial charge in [-0.25, -0.2) is 0 Å². The van der Waals surface area contributed by atoms with Crippen molar-refractivity contribution in [2.24, 2.45) is 10.2 Å². The van der Waals surface area contributed by atoms with Gasteiger partial charge >= 0.3 is 0 Å². The molecule has 0 saturated heterocycles. The number of aliphatic hydroxyl groups is 2. The maximum atomic E-state index is 11.3. The van der Waals surface area contributed by atoms with E-state index in [1.807, 2.05) is 83.1 Å². The first kappa shape index (κ1) is 47.6. The van der Waals surface area contributed by atoms with Gasteiger partial charge in [-0.3, -0.25) is 10.0 Å². The summed E-state index contributed by atoms with van der Waals surface area (Å²) >= 11 is 3.30. The second-order valence-corrected chi connectivity index (χ2v) is 20.0. The predicted octanol–water partition coefficient (Wildman–Crippen LogP) is 13.5. The molecular weight excluding hydrogens is 913 g/mol. The number of benzene rings is 8. The zero-order valence-corrected chi connectivity index (χ0v) is 41.8. The van der Waals surface area contributed by atoms with Crippen molar-refractivity contribution in [2.45, 2.75) is 55.4 Å². The standard InChI is InChI=1S/C61H58N6O2S2/c1-3-64-58-21-13-11-19-54(58)56-36-46(27-33-60(56)64)38-62-66(48-15-7-5-8-16-48)40-50(68)42-70-52-29-23-44(24-30-52)35-45-25-31-53(32-26-45)71-43-51(69)41-67(49-17-9-6-10-18-49)63-39-47-28-34-61-57(37-47)55-20-12-14-22-59(55)65(61)4-2/h5-34,36-39,50-51,68-69H,3-4,35,40-43H2,1-2H3/b62-38+,63-39+. The van der Waals surface area contributed by atoms with Crippen LogP contribution in [0.1, 0.15) is 36.1 Å². The van der Waals surface area contributed by atoms with Crippen molar-refractivity contribution < 1.29 is 10.2 Å². The minimum atomic E-state index is -0.608. The molecule has 0 aliphatic rings. The molecule has 2 aromatic heterocycles. The molecule has 10 rings (SSSR count). The molecule has 2 unspecified atom stereocenters. The van der Waals surface area contributed by atoms with Crippen molar-refractivity contribution in [1.82, 2.24) is 9.13 Å². The molecule has 8 nitrogen and oxygen atoms in total. The summed E-state index contributed by atoms with van der Waals surface area (Å²) in [6, 6.07) is 67.5. The molecular formula is C61H58N6O2S2. The Kier molecular flexibility index (Phi) is 15.0. The number of thioether (sulfide) groups is 2. The number of nitrogens with zero attached hydrogens (tertiary/aromatic N) is 6. The van der Waals surface area contributed by atoms with Gasteiger partial charge in [-0.1, -0.05) is 109 Å². The van der Waals surface area contributed by atoms with E-state index >= 15 is 0 Å². The lowest BCUT2D eigenvalue weighted by Gasteiger charge is -2.22. The van der Waals surface area contributed by atoms with E-state index in [2.05, 4.69) is 156 Å². The molecule has 0 aliphatic heterocycles. The van der Waals surface area contributed by atoms with Gasteiger partial charge in [-0.2, -0.15) is 10.2 Å². The molecule has 0 fully saturated rings. The van der Waals surface area contributed by atoms with Crippen molar-refractivity contribution >= 4 is 90.9 Å². The van der Waals surface area contributed by atoms with Crippen LogP contribution in [0.4, 0.5) is 11.4 Å². The van der Waals surface area contributed by atoms with Crippen LogP contribution in [0.15, 0.2) is 214 Å². The van der Waals surface area contributed by atoms with E-state index < -0.39 is 12.2 Å². The average Bonchev–Trinajstić information content (AvgIpc) is 3.92. The molecule has 2 heterocycles. The van der Waals surface area contributed by atoms with E-state index in [0.29, 0.717) is 24.6 Å². The second-order valence-electron chi connectivity index (χ2n) is 17.8. The number of hydrogen-bond donors (Lipinski definition) is 2. The number of para-hydroxylation sites is 4. The van der Waals surface area contributed by atoms with Gasteiger partial charge in [-0.05, 0) is 127 Å². The van der Waals surface area contributed by atoms with Crippen LogP contribution in [-0.4, -0.2) is 68.6 Å². The Morgan fingerprint density at radius 3 is 1.24 bits per heavy atom. The molecule has 0 spiro atoms. The van der Waals surface area contributed by atoms with E-state index in [0.717, 1.165) is 51.8 Å². The van der Waals surface area contributed by atoms with E-state index in [4.69, 9.17) is 10.2 Å². The van der Waals surface area contributed by atoms with E-state index in [9.17, 15) is 10.2 Å². The summed E-state index contributed by atoms with van der Waals surface area (Å²) in [7, 11) is 0. The first-order valence-electron chi connectivity index (χ1n) is 24.5. The number of hydrogen-bond acceptors (Lipinski definition) is 8. The van der Waals surface area contributed by atoms with Crippen LogP contribution in [0, 0.1) is 0 Å². The van der Waals surface area contributed by atoms with Crippen molar-refractivity contribution in [3.8, 4) is 0 Å². The Morgan fingerprint density at radius 2 is 0.831 bits per heavy atom. The predicted molar refractivity (Wildman–Crippen MR) is 302 cm³/mol. The van der Waals surface area contributed by atoms with E-state index in [1.165, 1.54) is 54.7 Å². The minimum absolute atomic E-state index is 0.363. The third kappa shape index (κ3) is 11.1. The van der Waals surface area contributed by atoms with Crippen LogP contribution in [0.2, 0.25) is 0 Å². The topological polar surface area (TPSA) is 81.5 Å². The highest BCUT2D eigenvalue weighted by atomic mass is 32.2. The fraction of sp³-hybridized carbons (Fsp3) is 0.180. The number of aryl methyl sites for hydroxylation is 2. The van der Waals surface area contributed by atoms with Crippen LogP contribution in [0.25, 0.3) is 43.6 Å². The molecule has 0 aliphatic carbocycles. The molecule has 0 amide bonds. The highest BCUT2D eigenvalue weighted by Crippen LogP contribution is 2.32. The Morgan fingerprint density at radius 1 is 0.451 bits per heavy atom. The second kappa shape index (κ2) is 22.3. The van der Waals surface area contributed by atoms with Crippen LogP contribution in [0.3, 0.4) is 0 Å². The summed E-state index contributed by atoms with van der Waals surface area (Å²) in [5.74, 6) is 1.07. The lowest BCUT2D eigenvalue weighted by Crippen LogP contribution is -2.30. The smallest absolute Gasteiger partial charge is 0.0830 e. The number of fused-ring (bicyclic) bond motifs is 6. The number of aromatic nitrogens is 2. The van der Waals surface area contributed by atoms with Crippen LogP contribution in [0.5, 0.6) is 0 Å². The lowest BCUT2D eigenvalue weighted by atomic mass is 10.1. The van der Waals surface area contributed by atoms with Gasteiger partial charge in [0, 0.05) is 78.0 Å². The quantitative estimate of drug-likeness (QED) is 0.0450. The number of anilines is 2. The van der Waals surface area contributed by atoms with Crippen molar-refractivity contribution in [3.05, 3.63) is 216 Å². The molecule has 0 saturated carbocycles. The Labute approximate surface area is 424 Å². The monoisotopic (exact) mass is 970 g/mol. The summed E-state index contributed by atoms with van der Waals surface area (Å²) < 4.78 is 4.71. The highest BCUT2D eigenvalue weighted by Gasteiger charge is 2.16. The summed E-state index contributed by atoms with van der Waals surface area (Å²) in [5.41, 5.74) is 11.2. The molecule has 2 atom stereocenters. The third-order valence-corrected chi connectivity index (χ3v) is 15.2. The zero-order valence-electron chi connectivity index (χ0n) is 40.1. The lowest BCUT2D eigenvalue weighted by molar-refractivity contribution is 0.204. The zero-order chi connectivity index (χ0) is 48.5. The van der Waals surface area contributed by atoms with Gasteiger partial charge in [0.05, 0.1) is 49.1 Å². The first-order chi connectivity index (χ1) is 34.9. The van der Waals surface area contributed by atoms with Crippen LogP contribution >= 0.6 is 23.5 Å². The highest BCUT2D eigenvalue weighted by molar-refractivity contribution is 7.99. The molecule has 10 heteroatoms. The number of rotatable bonds is 20. The first-order valence-corrected chi connectivity index (χ1v) is 26.4. The fourth-order valence-corrected chi connectivity index (χ4v) is 11.1. The Hall–Kier alpha value is -7.08. The third-order valence-electron chi connectivity index (χ3n) is 12.9. The minimum Gasteiger partial charge on any atom is -0.390 e. The maximum absolute atomic E-state index is 11.3. The fourth-order valence-electron chi connectivity index (χ4n) is 9.43. The van der Waals surface area contributed by atoms with Gasteiger partial charge in [0.15, 0.2) is 0 Å². The molecule has 0 bridgehead atoms. The Bertz CT molecular complexity index is 3200. The van der Waals surface area contributed by atoms with Crippen molar-refractivity contribution in [2.75, 3.05) is 34.6 Å². The molecule has 2 N–H and O–H groups in total. The summed E-state index contributed by atoms with van der Waals surface area (Å²) in [6.07, 6.45) is 3.39. The van der Waals surface area contributed by atoms with Gasteiger partial charge in [-0.15, -0.1) is 23.5 Å². The normalized spacial score (nSPS) is 12.8. The Balaban J connectivity index is 0.716. The summed E-state index contributed by atoms with van der Waals surface area (Å²) in [6.45, 7) is 6.90. The molecule has 0 radical (unpaired) electrons.